The Balaban J connectivity index is 1.99. The number of nitrogens with zero attached hydrogens (tertiary/aromatic N) is 1. The van der Waals surface area contributed by atoms with Gasteiger partial charge in [-0.15, -0.1) is 11.3 Å². The lowest BCUT2D eigenvalue weighted by Gasteiger charge is -2.28. The van der Waals surface area contributed by atoms with Crippen LogP contribution in [0.15, 0.2) is 94.1 Å². The van der Waals surface area contributed by atoms with E-state index in [4.69, 9.17) is 19.9 Å². The lowest BCUT2D eigenvalue weighted by Crippen LogP contribution is -2.41. The molecule has 11 heteroatoms. The van der Waals surface area contributed by atoms with E-state index in [-0.39, 0.29) is 37.0 Å². The number of hydrogen-bond donors (Lipinski definition) is 1. The van der Waals surface area contributed by atoms with E-state index in [1.54, 1.807) is 79.7 Å². The lowest BCUT2D eigenvalue weighted by molar-refractivity contribution is -0.138. The molecule has 3 aromatic carbocycles. The molecule has 0 saturated carbocycles. The lowest BCUT2D eigenvalue weighted by atomic mass is 9.88. The van der Waals surface area contributed by atoms with E-state index in [2.05, 4.69) is 0 Å². The molecule has 5 rings (SSSR count). The number of hydrogen-bond acceptors (Lipinski definition) is 9. The second kappa shape index (κ2) is 11.7. The molecular weight excluding hydrogens is 576 g/mol. The average molecular weight is 605 g/mol. The van der Waals surface area contributed by atoms with Crippen molar-refractivity contribution < 1.29 is 27.4 Å². The van der Waals surface area contributed by atoms with Gasteiger partial charge in [-0.2, -0.15) is 0 Å². The van der Waals surface area contributed by atoms with E-state index in [1.165, 1.54) is 26.4 Å². The molecule has 0 amide bonds. The molecule has 0 fully saturated rings. The number of benzene rings is 3. The number of esters is 1. The summed E-state index contributed by atoms with van der Waals surface area (Å²) < 4.78 is 46.8. The van der Waals surface area contributed by atoms with Gasteiger partial charge in [0.2, 0.25) is 9.84 Å². The Morgan fingerprint density at radius 3 is 2.24 bits per heavy atom. The van der Waals surface area contributed by atoms with E-state index in [0.717, 1.165) is 15.9 Å². The van der Waals surface area contributed by atoms with Crippen molar-refractivity contribution in [3.05, 3.63) is 115 Å². The van der Waals surface area contributed by atoms with E-state index >= 15 is 0 Å². The molecule has 2 heterocycles. The zero-order valence-corrected chi connectivity index (χ0v) is 24.7. The van der Waals surface area contributed by atoms with Gasteiger partial charge in [-0.3, -0.25) is 9.36 Å². The van der Waals surface area contributed by atoms with Crippen LogP contribution in [0.4, 0.5) is 0 Å². The van der Waals surface area contributed by atoms with Crippen molar-refractivity contribution in [2.24, 2.45) is 5.73 Å². The molecule has 9 nitrogen and oxygen atoms in total. The summed E-state index contributed by atoms with van der Waals surface area (Å²) in [5, 5.41) is 0. The van der Waals surface area contributed by atoms with Crippen LogP contribution in [0, 0.1) is 0 Å². The fourth-order valence-electron chi connectivity index (χ4n) is 4.95. The van der Waals surface area contributed by atoms with Crippen molar-refractivity contribution in [2.75, 3.05) is 20.8 Å². The average Bonchev–Trinajstić information content (AvgIpc) is 3.32. The zero-order valence-electron chi connectivity index (χ0n) is 23.1. The summed E-state index contributed by atoms with van der Waals surface area (Å²) in [6, 6.07) is 21.7. The number of sulfone groups is 1. The molecule has 2 N–H and O–H groups in total. The molecule has 42 heavy (non-hydrogen) atoms. The van der Waals surface area contributed by atoms with Crippen LogP contribution in [0.3, 0.4) is 0 Å². The maximum absolute atomic E-state index is 14.5. The van der Waals surface area contributed by atoms with Crippen molar-refractivity contribution in [2.45, 2.75) is 17.7 Å². The first-order valence-electron chi connectivity index (χ1n) is 13.0. The molecule has 0 spiro atoms. The van der Waals surface area contributed by atoms with Gasteiger partial charge in [0, 0.05) is 11.1 Å². The van der Waals surface area contributed by atoms with Crippen LogP contribution >= 0.6 is 11.3 Å². The van der Waals surface area contributed by atoms with Crippen molar-refractivity contribution >= 4 is 43.9 Å². The summed E-state index contributed by atoms with van der Waals surface area (Å²) in [6.45, 7) is 1.64. The summed E-state index contributed by atoms with van der Waals surface area (Å²) in [5.74, 6) is -1.43. The smallest absolute Gasteiger partial charge is 0.338 e. The van der Waals surface area contributed by atoms with Crippen LogP contribution in [0.5, 0.6) is 11.5 Å². The van der Waals surface area contributed by atoms with Crippen LogP contribution in [0.1, 0.15) is 24.0 Å². The molecule has 1 aliphatic heterocycles. The minimum absolute atomic E-state index is 0.00719. The number of nitrogens with two attached hydrogens (primary N) is 1. The van der Waals surface area contributed by atoms with Crippen molar-refractivity contribution in [1.29, 1.82) is 0 Å². The van der Waals surface area contributed by atoms with Gasteiger partial charge >= 0.3 is 5.97 Å². The van der Waals surface area contributed by atoms with E-state index in [1.807, 2.05) is 0 Å². The summed E-state index contributed by atoms with van der Waals surface area (Å²) in [4.78, 5) is 27.3. The van der Waals surface area contributed by atoms with E-state index < -0.39 is 27.3 Å². The molecule has 1 unspecified atom stereocenters. The van der Waals surface area contributed by atoms with E-state index in [0.29, 0.717) is 22.6 Å². The molecule has 1 aromatic heterocycles. The molecule has 1 aliphatic rings. The van der Waals surface area contributed by atoms with Crippen LogP contribution in [0.2, 0.25) is 0 Å². The summed E-state index contributed by atoms with van der Waals surface area (Å²) in [7, 11) is -1.35. The third-order valence-electron chi connectivity index (χ3n) is 6.82. The van der Waals surface area contributed by atoms with E-state index in [9.17, 15) is 18.0 Å². The Morgan fingerprint density at radius 1 is 0.952 bits per heavy atom. The highest BCUT2D eigenvalue weighted by molar-refractivity contribution is 8.00. The minimum atomic E-state index is -4.32. The fourth-order valence-corrected chi connectivity index (χ4v) is 8.11. The monoisotopic (exact) mass is 604 g/mol. The highest BCUT2D eigenvalue weighted by atomic mass is 32.2. The van der Waals surface area contributed by atoms with Gasteiger partial charge in [0.05, 0.1) is 46.7 Å². The molecule has 0 aliphatic carbocycles. The predicted molar refractivity (Wildman–Crippen MR) is 161 cm³/mol. The van der Waals surface area contributed by atoms with Gasteiger partial charge in [0.1, 0.15) is 22.0 Å². The SMILES string of the molecule is CCOC(=O)C1=C(N)n2c(s/c(=C\c3ccccc3OC)c2=O)=C(S(=O)(=O)c2ccccc2)C1c1ccccc1OC. The van der Waals surface area contributed by atoms with Crippen LogP contribution < -0.4 is 30.0 Å². The van der Waals surface area contributed by atoms with Crippen LogP contribution in [-0.4, -0.2) is 39.8 Å². The Kier molecular flexibility index (Phi) is 8.06. The predicted octanol–water partition coefficient (Wildman–Crippen LogP) is 2.83. The zero-order chi connectivity index (χ0) is 30.0. The minimum Gasteiger partial charge on any atom is -0.496 e. The molecule has 216 valence electrons. The molecule has 0 saturated heterocycles. The van der Waals surface area contributed by atoms with Crippen molar-refractivity contribution in [3.8, 4) is 11.5 Å². The van der Waals surface area contributed by atoms with Crippen LogP contribution in [-0.2, 0) is 19.4 Å². The highest BCUT2D eigenvalue weighted by Crippen LogP contribution is 2.44. The highest BCUT2D eigenvalue weighted by Gasteiger charge is 2.43. The van der Waals surface area contributed by atoms with Gasteiger partial charge in [0.25, 0.3) is 5.56 Å². The number of carbonyl (C=O) groups is 1. The Bertz CT molecular complexity index is 1990. The maximum Gasteiger partial charge on any atom is 0.338 e. The first-order chi connectivity index (χ1) is 20.2. The third-order valence-corrected chi connectivity index (χ3v) is 9.95. The Labute approximate surface area is 246 Å². The first-order valence-corrected chi connectivity index (χ1v) is 15.3. The first kappa shape index (κ1) is 28.9. The largest absolute Gasteiger partial charge is 0.496 e. The Hall–Kier alpha value is -4.61. The molecular formula is C31H28N2O7S2. The molecule has 0 radical (unpaired) electrons. The van der Waals surface area contributed by atoms with Crippen molar-refractivity contribution in [3.63, 3.8) is 0 Å². The van der Waals surface area contributed by atoms with Gasteiger partial charge in [-0.05, 0) is 37.3 Å². The summed E-state index contributed by atoms with van der Waals surface area (Å²) >= 11 is 0.964. The summed E-state index contributed by atoms with van der Waals surface area (Å²) in [6.07, 6.45) is 1.61. The van der Waals surface area contributed by atoms with Gasteiger partial charge in [-0.25, -0.2) is 13.2 Å². The molecule has 4 aromatic rings. The second-order valence-electron chi connectivity index (χ2n) is 9.17. The number of carbonyl (C=O) groups excluding carboxylic acids is 1. The number of fused-ring (bicyclic) bond motifs is 1. The quantitative estimate of drug-likeness (QED) is 0.304. The molecule has 0 bridgehead atoms. The third kappa shape index (κ3) is 4.90. The topological polar surface area (TPSA) is 127 Å². The normalized spacial score (nSPS) is 15.4. The Morgan fingerprint density at radius 2 is 1.57 bits per heavy atom. The number of thiazole rings is 1. The number of methoxy groups -OCH3 is 2. The van der Waals surface area contributed by atoms with Gasteiger partial charge < -0.3 is 19.9 Å². The van der Waals surface area contributed by atoms with Gasteiger partial charge in [-0.1, -0.05) is 54.6 Å². The van der Waals surface area contributed by atoms with Gasteiger partial charge in [0.15, 0.2) is 0 Å². The maximum atomic E-state index is 14.5. The number of rotatable bonds is 8. The number of para-hydroxylation sites is 2. The second-order valence-corrected chi connectivity index (χ2v) is 12.1. The van der Waals surface area contributed by atoms with Crippen LogP contribution in [0.25, 0.3) is 16.8 Å². The fraction of sp³-hybridized carbons (Fsp3) is 0.161. The summed E-state index contributed by atoms with van der Waals surface area (Å²) in [5.41, 5.74) is 6.84. The number of aromatic nitrogens is 1. The standard InChI is InChI=1S/C31H28N2O7S2/c1-4-40-31(35)26-25(21-15-9-11-17-23(21)39-3)27(42(36,37)20-13-6-5-7-14-20)30-33(28(26)32)29(34)24(41-30)18-19-12-8-10-16-22(19)38-2/h5-18,25H,4,32H2,1-3H3/b24-18-. The van der Waals surface area contributed by atoms with Crippen molar-refractivity contribution in [1.82, 2.24) is 4.57 Å². The number of ether oxygens (including phenoxy) is 3. The molecule has 1 atom stereocenters.